The molecule has 0 aromatic heterocycles. The molecule has 0 amide bonds. The number of hydrogen-bond donors (Lipinski definition) is 0. The highest BCUT2D eigenvalue weighted by molar-refractivity contribution is 6.31. The third-order valence-electron chi connectivity index (χ3n) is 4.85. The van der Waals surface area contributed by atoms with Crippen LogP contribution in [0.1, 0.15) is 28.2 Å². The molecule has 6 nitrogen and oxygen atoms in total. The van der Waals surface area contributed by atoms with Gasteiger partial charge < -0.3 is 14.2 Å². The van der Waals surface area contributed by atoms with E-state index in [1.165, 1.54) is 18.2 Å². The normalized spacial score (nSPS) is 14.6. The Bertz CT molecular complexity index is 1130. The molecular formula is C24H18O6. The number of carbonyl (C=O) groups excluding carboxylic acids is 3. The van der Waals surface area contributed by atoms with Gasteiger partial charge in [-0.2, -0.15) is 0 Å². The highest BCUT2D eigenvalue weighted by Crippen LogP contribution is 2.41. The van der Waals surface area contributed by atoms with E-state index in [2.05, 4.69) is 0 Å². The second-order valence-corrected chi connectivity index (χ2v) is 6.96. The van der Waals surface area contributed by atoms with E-state index >= 15 is 0 Å². The standard InChI is InChI=1S/C24H18O6/c1-14-7-6-8-15(2)21(14)30-24(27)23(26)28-17-11-12-19-18(13-17)20(22(25)29-19)16-9-4-3-5-10-16/h3-13,20H,1-2H3. The fraction of sp³-hybridized carbons (Fsp3) is 0.125. The summed E-state index contributed by atoms with van der Waals surface area (Å²) >= 11 is 0. The Morgan fingerprint density at radius 1 is 0.833 bits per heavy atom. The zero-order valence-electron chi connectivity index (χ0n) is 16.4. The molecule has 3 aromatic rings. The number of ether oxygens (including phenoxy) is 3. The number of benzene rings is 3. The van der Waals surface area contributed by atoms with E-state index < -0.39 is 23.8 Å². The molecule has 0 aliphatic carbocycles. The molecule has 1 atom stereocenters. The number of rotatable bonds is 3. The Morgan fingerprint density at radius 3 is 2.20 bits per heavy atom. The minimum Gasteiger partial charge on any atom is -0.425 e. The number of aryl methyl sites for hydroxylation is 2. The largest absolute Gasteiger partial charge is 0.425 e. The summed E-state index contributed by atoms with van der Waals surface area (Å²) in [6, 6.07) is 19.1. The quantitative estimate of drug-likeness (QED) is 0.376. The van der Waals surface area contributed by atoms with Gasteiger partial charge in [-0.1, -0.05) is 48.5 Å². The maximum Gasteiger partial charge on any atom is 0.423 e. The van der Waals surface area contributed by atoms with Gasteiger partial charge in [-0.05, 0) is 48.7 Å². The minimum atomic E-state index is -1.15. The van der Waals surface area contributed by atoms with E-state index in [0.29, 0.717) is 17.1 Å². The van der Waals surface area contributed by atoms with Crippen LogP contribution in [0.5, 0.6) is 17.2 Å². The monoisotopic (exact) mass is 402 g/mol. The van der Waals surface area contributed by atoms with E-state index in [9.17, 15) is 14.4 Å². The van der Waals surface area contributed by atoms with Crippen LogP contribution in [0.3, 0.4) is 0 Å². The molecule has 30 heavy (non-hydrogen) atoms. The van der Waals surface area contributed by atoms with Crippen LogP contribution in [0.25, 0.3) is 0 Å². The molecule has 1 aliphatic rings. The first kappa shape index (κ1) is 19.4. The van der Waals surface area contributed by atoms with Gasteiger partial charge in [-0.3, -0.25) is 4.79 Å². The number of esters is 3. The van der Waals surface area contributed by atoms with E-state index in [0.717, 1.165) is 16.7 Å². The van der Waals surface area contributed by atoms with Crippen molar-refractivity contribution in [1.29, 1.82) is 0 Å². The van der Waals surface area contributed by atoms with Crippen LogP contribution in [0.4, 0.5) is 0 Å². The summed E-state index contributed by atoms with van der Waals surface area (Å²) in [7, 11) is 0. The first-order chi connectivity index (χ1) is 14.4. The highest BCUT2D eigenvalue weighted by atomic mass is 16.6. The lowest BCUT2D eigenvalue weighted by Crippen LogP contribution is -2.26. The summed E-state index contributed by atoms with van der Waals surface area (Å²) in [5, 5.41) is 0. The van der Waals surface area contributed by atoms with Gasteiger partial charge in [-0.25, -0.2) is 9.59 Å². The number of para-hydroxylation sites is 1. The molecule has 0 saturated carbocycles. The zero-order chi connectivity index (χ0) is 21.3. The Labute approximate surface area is 173 Å². The van der Waals surface area contributed by atoms with E-state index in [1.54, 1.807) is 26.0 Å². The van der Waals surface area contributed by atoms with Gasteiger partial charge in [0.25, 0.3) is 0 Å². The van der Waals surface area contributed by atoms with Crippen molar-refractivity contribution in [1.82, 2.24) is 0 Å². The Balaban J connectivity index is 1.54. The predicted octanol–water partition coefficient (Wildman–Crippen LogP) is 3.87. The first-order valence-corrected chi connectivity index (χ1v) is 9.35. The third-order valence-corrected chi connectivity index (χ3v) is 4.85. The maximum absolute atomic E-state index is 12.3. The fourth-order valence-corrected chi connectivity index (χ4v) is 3.41. The van der Waals surface area contributed by atoms with Gasteiger partial charge in [0.15, 0.2) is 0 Å². The molecule has 1 unspecified atom stereocenters. The van der Waals surface area contributed by atoms with Crippen molar-refractivity contribution in [2.45, 2.75) is 19.8 Å². The zero-order valence-corrected chi connectivity index (χ0v) is 16.4. The molecule has 0 bridgehead atoms. The van der Waals surface area contributed by atoms with Crippen LogP contribution in [0.15, 0.2) is 66.7 Å². The van der Waals surface area contributed by atoms with Gasteiger partial charge >= 0.3 is 17.9 Å². The molecule has 0 N–H and O–H groups in total. The van der Waals surface area contributed by atoms with E-state index in [1.807, 2.05) is 36.4 Å². The summed E-state index contributed by atoms with van der Waals surface area (Å²) in [5.74, 6) is -2.46. The topological polar surface area (TPSA) is 78.9 Å². The molecule has 0 radical (unpaired) electrons. The van der Waals surface area contributed by atoms with Crippen molar-refractivity contribution in [2.24, 2.45) is 0 Å². The summed E-state index contributed by atoms with van der Waals surface area (Å²) in [5.41, 5.74) is 2.80. The van der Waals surface area contributed by atoms with E-state index in [4.69, 9.17) is 14.2 Å². The molecule has 0 fully saturated rings. The lowest BCUT2D eigenvalue weighted by Gasteiger charge is -2.11. The van der Waals surface area contributed by atoms with Crippen molar-refractivity contribution in [3.05, 3.63) is 89.0 Å². The first-order valence-electron chi connectivity index (χ1n) is 9.35. The molecule has 1 aliphatic heterocycles. The lowest BCUT2D eigenvalue weighted by atomic mass is 9.92. The average molecular weight is 402 g/mol. The average Bonchev–Trinajstić information content (AvgIpc) is 3.06. The minimum absolute atomic E-state index is 0.122. The summed E-state index contributed by atoms with van der Waals surface area (Å²) in [6.07, 6.45) is 0. The highest BCUT2D eigenvalue weighted by Gasteiger charge is 2.35. The van der Waals surface area contributed by atoms with Crippen molar-refractivity contribution in [2.75, 3.05) is 0 Å². The Hall–Kier alpha value is -3.93. The van der Waals surface area contributed by atoms with Gasteiger partial charge in [-0.15, -0.1) is 0 Å². The second-order valence-electron chi connectivity index (χ2n) is 6.96. The number of hydrogen-bond acceptors (Lipinski definition) is 6. The van der Waals surface area contributed by atoms with Gasteiger partial charge in [0.1, 0.15) is 23.2 Å². The van der Waals surface area contributed by atoms with Gasteiger partial charge in [0.05, 0.1) is 0 Å². The summed E-state index contributed by atoms with van der Waals surface area (Å²) in [4.78, 5) is 36.8. The van der Waals surface area contributed by atoms with Crippen LogP contribution in [0.2, 0.25) is 0 Å². The van der Waals surface area contributed by atoms with Gasteiger partial charge in [0, 0.05) is 5.56 Å². The molecule has 150 valence electrons. The molecular weight excluding hydrogens is 384 g/mol. The molecule has 0 spiro atoms. The van der Waals surface area contributed by atoms with Gasteiger partial charge in [0.2, 0.25) is 0 Å². The van der Waals surface area contributed by atoms with E-state index in [-0.39, 0.29) is 5.75 Å². The smallest absolute Gasteiger partial charge is 0.423 e. The summed E-state index contributed by atoms with van der Waals surface area (Å²) < 4.78 is 15.7. The molecule has 4 rings (SSSR count). The molecule has 6 heteroatoms. The second kappa shape index (κ2) is 7.83. The Morgan fingerprint density at radius 2 is 1.50 bits per heavy atom. The fourth-order valence-electron chi connectivity index (χ4n) is 3.41. The summed E-state index contributed by atoms with van der Waals surface area (Å²) in [6.45, 7) is 3.56. The molecule has 0 saturated heterocycles. The number of carbonyl (C=O) groups is 3. The van der Waals surface area contributed by atoms with Crippen LogP contribution in [-0.4, -0.2) is 17.9 Å². The number of fused-ring (bicyclic) bond motifs is 1. The maximum atomic E-state index is 12.3. The predicted molar refractivity (Wildman–Crippen MR) is 108 cm³/mol. The third kappa shape index (κ3) is 3.67. The molecule has 3 aromatic carbocycles. The SMILES string of the molecule is Cc1cccc(C)c1OC(=O)C(=O)Oc1ccc2c(c1)C(c1ccccc1)C(=O)O2. The van der Waals surface area contributed by atoms with Crippen molar-refractivity contribution in [3.63, 3.8) is 0 Å². The Kier molecular flexibility index (Phi) is 5.06. The van der Waals surface area contributed by atoms with Crippen LogP contribution < -0.4 is 14.2 Å². The molecule has 1 heterocycles. The van der Waals surface area contributed by atoms with Crippen LogP contribution in [0, 0.1) is 13.8 Å². The van der Waals surface area contributed by atoms with Crippen molar-refractivity contribution < 1.29 is 28.6 Å². The van der Waals surface area contributed by atoms with Crippen LogP contribution in [-0.2, 0) is 14.4 Å². The van der Waals surface area contributed by atoms with Crippen LogP contribution >= 0.6 is 0 Å². The van der Waals surface area contributed by atoms with Crippen molar-refractivity contribution in [3.8, 4) is 17.2 Å². The lowest BCUT2D eigenvalue weighted by molar-refractivity contribution is -0.156. The van der Waals surface area contributed by atoms with Crippen molar-refractivity contribution >= 4 is 17.9 Å².